The molecular formula is C14H24ClN. The third kappa shape index (κ3) is 1.62. The molecule has 0 spiro atoms. The summed E-state index contributed by atoms with van der Waals surface area (Å²) in [5, 5.41) is 0.161. The van der Waals surface area contributed by atoms with E-state index in [4.69, 9.17) is 17.3 Å². The normalized spacial score (nSPS) is 48.4. The first-order chi connectivity index (χ1) is 7.39. The number of halogens is 1. The molecule has 4 aliphatic carbocycles. The third-order valence-electron chi connectivity index (χ3n) is 5.28. The van der Waals surface area contributed by atoms with Crippen molar-refractivity contribution >= 4 is 11.6 Å². The van der Waals surface area contributed by atoms with Gasteiger partial charge in [0.25, 0.3) is 0 Å². The van der Waals surface area contributed by atoms with Crippen LogP contribution in [0.4, 0.5) is 0 Å². The van der Waals surface area contributed by atoms with Gasteiger partial charge >= 0.3 is 0 Å². The molecule has 4 bridgehead atoms. The summed E-state index contributed by atoms with van der Waals surface area (Å²) in [6, 6.07) is 0. The second-order valence-electron chi connectivity index (χ2n) is 7.46. The van der Waals surface area contributed by atoms with Crippen LogP contribution in [0.2, 0.25) is 0 Å². The Hall–Kier alpha value is 0.250. The Bertz CT molecular complexity index is 256. The molecule has 0 aliphatic heterocycles. The molecule has 92 valence electrons. The minimum Gasteiger partial charge on any atom is -0.324 e. The average Bonchev–Trinajstić information content (AvgIpc) is 2.12. The summed E-state index contributed by atoms with van der Waals surface area (Å²) in [6.07, 6.45) is 8.50. The van der Waals surface area contributed by atoms with Crippen molar-refractivity contribution in [3.8, 4) is 0 Å². The maximum atomic E-state index is 6.75. The zero-order valence-electron chi connectivity index (χ0n) is 10.5. The van der Waals surface area contributed by atoms with Gasteiger partial charge < -0.3 is 5.73 Å². The summed E-state index contributed by atoms with van der Waals surface area (Å²) in [5.41, 5.74) is 6.42. The third-order valence-corrected chi connectivity index (χ3v) is 6.30. The van der Waals surface area contributed by atoms with Crippen LogP contribution in [0.5, 0.6) is 0 Å². The number of alkyl halides is 1. The van der Waals surface area contributed by atoms with Gasteiger partial charge in [-0.3, -0.25) is 0 Å². The smallest absolute Gasteiger partial charge is 0.0566 e. The van der Waals surface area contributed by atoms with E-state index in [9.17, 15) is 0 Å². The number of hydrogen-bond donors (Lipinski definition) is 1. The van der Waals surface area contributed by atoms with Crippen LogP contribution in [0.15, 0.2) is 0 Å². The molecule has 4 rings (SSSR count). The molecule has 0 aromatic rings. The minimum atomic E-state index is -0.229. The molecular weight excluding hydrogens is 218 g/mol. The lowest BCUT2D eigenvalue weighted by Crippen LogP contribution is -2.58. The first kappa shape index (κ1) is 11.3. The highest BCUT2D eigenvalue weighted by atomic mass is 35.5. The van der Waals surface area contributed by atoms with Gasteiger partial charge in [0.15, 0.2) is 0 Å². The Kier molecular flexibility index (Phi) is 2.40. The topological polar surface area (TPSA) is 26.0 Å². The molecule has 0 amide bonds. The zero-order chi connectivity index (χ0) is 11.6. The van der Waals surface area contributed by atoms with Crippen molar-refractivity contribution < 1.29 is 0 Å². The summed E-state index contributed by atoms with van der Waals surface area (Å²) in [5.74, 6) is 2.90. The predicted molar refractivity (Wildman–Crippen MR) is 68.5 cm³/mol. The fourth-order valence-electron chi connectivity index (χ4n) is 5.28. The highest BCUT2D eigenvalue weighted by Gasteiger charge is 2.56. The molecule has 16 heavy (non-hydrogen) atoms. The first-order valence-electron chi connectivity index (χ1n) is 6.82. The lowest BCUT2D eigenvalue weighted by Gasteiger charge is -2.60. The maximum Gasteiger partial charge on any atom is 0.0566 e. The molecule has 2 N–H and O–H groups in total. The number of nitrogens with two attached hydrogens (primary N) is 1. The van der Waals surface area contributed by atoms with Gasteiger partial charge in [-0.15, -0.1) is 11.6 Å². The van der Waals surface area contributed by atoms with Crippen molar-refractivity contribution in [2.45, 2.75) is 63.3 Å². The van der Waals surface area contributed by atoms with E-state index in [-0.39, 0.29) is 10.9 Å². The maximum absolute atomic E-state index is 6.75. The van der Waals surface area contributed by atoms with E-state index >= 15 is 0 Å². The molecule has 0 saturated heterocycles. The molecule has 4 aliphatic rings. The lowest BCUT2D eigenvalue weighted by atomic mass is 9.47. The zero-order valence-corrected chi connectivity index (χ0v) is 11.3. The van der Waals surface area contributed by atoms with E-state index in [2.05, 4.69) is 13.8 Å². The van der Waals surface area contributed by atoms with Crippen molar-refractivity contribution in [3.63, 3.8) is 0 Å². The molecule has 4 fully saturated rings. The molecule has 1 unspecified atom stereocenters. The Morgan fingerprint density at radius 2 is 1.44 bits per heavy atom. The summed E-state index contributed by atoms with van der Waals surface area (Å²) in [4.78, 5) is 0. The van der Waals surface area contributed by atoms with Gasteiger partial charge in [-0.25, -0.2) is 0 Å². The van der Waals surface area contributed by atoms with Crippen LogP contribution in [-0.4, -0.2) is 10.9 Å². The van der Waals surface area contributed by atoms with Gasteiger partial charge in [0.1, 0.15) is 0 Å². The predicted octanol–water partition coefficient (Wildman–Crippen LogP) is 3.55. The van der Waals surface area contributed by atoms with E-state index in [0.29, 0.717) is 5.41 Å². The van der Waals surface area contributed by atoms with E-state index < -0.39 is 0 Å². The van der Waals surface area contributed by atoms with E-state index in [1.807, 2.05) is 0 Å². The largest absolute Gasteiger partial charge is 0.324 e. The van der Waals surface area contributed by atoms with Crippen LogP contribution in [0.3, 0.4) is 0 Å². The summed E-state index contributed by atoms with van der Waals surface area (Å²) in [6.45, 7) is 4.20. The summed E-state index contributed by atoms with van der Waals surface area (Å²) < 4.78 is 0. The van der Waals surface area contributed by atoms with Crippen LogP contribution in [0.1, 0.15) is 52.4 Å². The van der Waals surface area contributed by atoms with Crippen molar-refractivity contribution in [3.05, 3.63) is 0 Å². The van der Waals surface area contributed by atoms with Crippen molar-refractivity contribution in [2.75, 3.05) is 0 Å². The second-order valence-corrected chi connectivity index (χ2v) is 7.90. The second kappa shape index (κ2) is 3.38. The SMILES string of the molecule is CC(C)(N)C(Cl)C12CC3CC(CC(C3)C1)C2. The van der Waals surface area contributed by atoms with Crippen molar-refractivity contribution in [1.29, 1.82) is 0 Å². The molecule has 0 heterocycles. The fraction of sp³-hybridized carbons (Fsp3) is 1.00. The molecule has 1 atom stereocenters. The average molecular weight is 242 g/mol. The fourth-order valence-corrected chi connectivity index (χ4v) is 5.54. The Morgan fingerprint density at radius 3 is 1.75 bits per heavy atom. The molecule has 0 aromatic heterocycles. The number of rotatable bonds is 2. The van der Waals surface area contributed by atoms with Gasteiger partial charge in [0.05, 0.1) is 5.38 Å². The molecule has 0 radical (unpaired) electrons. The first-order valence-corrected chi connectivity index (χ1v) is 7.26. The van der Waals surface area contributed by atoms with Crippen LogP contribution < -0.4 is 5.73 Å². The van der Waals surface area contributed by atoms with E-state index in [1.165, 1.54) is 38.5 Å². The quantitative estimate of drug-likeness (QED) is 0.736. The monoisotopic (exact) mass is 241 g/mol. The highest BCUT2D eigenvalue weighted by Crippen LogP contribution is 2.63. The van der Waals surface area contributed by atoms with Crippen LogP contribution in [-0.2, 0) is 0 Å². The van der Waals surface area contributed by atoms with Gasteiger partial charge in [0.2, 0.25) is 0 Å². The van der Waals surface area contributed by atoms with Crippen LogP contribution in [0, 0.1) is 23.2 Å². The van der Waals surface area contributed by atoms with Gasteiger partial charge in [0, 0.05) is 5.54 Å². The molecule has 1 nitrogen and oxygen atoms in total. The molecule has 4 saturated carbocycles. The minimum absolute atomic E-state index is 0.161. The van der Waals surface area contributed by atoms with Gasteiger partial charge in [-0.2, -0.15) is 0 Å². The van der Waals surface area contributed by atoms with Crippen molar-refractivity contribution in [2.24, 2.45) is 28.9 Å². The van der Waals surface area contributed by atoms with Crippen LogP contribution in [0.25, 0.3) is 0 Å². The van der Waals surface area contributed by atoms with Gasteiger partial charge in [-0.1, -0.05) is 0 Å². The highest BCUT2D eigenvalue weighted by molar-refractivity contribution is 6.22. The van der Waals surface area contributed by atoms with E-state index in [1.54, 1.807) is 0 Å². The summed E-state index contributed by atoms with van der Waals surface area (Å²) >= 11 is 6.75. The Morgan fingerprint density at radius 1 is 1.06 bits per heavy atom. The van der Waals surface area contributed by atoms with Crippen molar-refractivity contribution in [1.82, 2.24) is 0 Å². The molecule has 0 aromatic carbocycles. The number of hydrogen-bond acceptors (Lipinski definition) is 1. The van der Waals surface area contributed by atoms with Gasteiger partial charge in [-0.05, 0) is 75.5 Å². The van der Waals surface area contributed by atoms with E-state index in [0.717, 1.165) is 17.8 Å². The Balaban J connectivity index is 1.88. The standard InChI is InChI=1S/C14H24ClN/c1-13(2,16)12(15)14-6-9-3-10(7-14)5-11(4-9)8-14/h9-12H,3-8,16H2,1-2H3. The summed E-state index contributed by atoms with van der Waals surface area (Å²) in [7, 11) is 0. The van der Waals surface area contributed by atoms with Crippen LogP contribution >= 0.6 is 11.6 Å². The Labute approximate surface area is 104 Å². The molecule has 2 heteroatoms. The lowest BCUT2D eigenvalue weighted by molar-refractivity contribution is -0.0626.